The van der Waals surface area contributed by atoms with Gasteiger partial charge in [0, 0.05) is 12.2 Å². The summed E-state index contributed by atoms with van der Waals surface area (Å²) in [5.41, 5.74) is 2.46. The van der Waals surface area contributed by atoms with Gasteiger partial charge in [0.05, 0.1) is 29.8 Å². The van der Waals surface area contributed by atoms with Crippen LogP contribution in [-0.4, -0.2) is 40.5 Å². The number of H-pyrrole nitrogens is 1. The lowest BCUT2D eigenvalue weighted by Crippen LogP contribution is -2.20. The molecule has 1 N–H and O–H groups in total. The van der Waals surface area contributed by atoms with E-state index in [0.717, 1.165) is 0 Å². The number of esters is 2. The Morgan fingerprint density at radius 3 is 2.60 bits per heavy atom. The molecule has 3 aromatic rings. The molecule has 2 aromatic heterocycles. The lowest BCUT2D eigenvalue weighted by Gasteiger charge is -2.05. The van der Waals surface area contributed by atoms with Crippen LogP contribution in [0.4, 0.5) is 0 Å². The van der Waals surface area contributed by atoms with Gasteiger partial charge in [-0.1, -0.05) is 12.1 Å². The third kappa shape index (κ3) is 4.19. The summed E-state index contributed by atoms with van der Waals surface area (Å²) in [6, 6.07) is 6.88. The normalized spacial score (nSPS) is 10.9. The Labute approximate surface area is 171 Å². The van der Waals surface area contributed by atoms with E-state index in [2.05, 4.69) is 4.98 Å². The second kappa shape index (κ2) is 8.81. The van der Waals surface area contributed by atoms with Crippen molar-refractivity contribution in [2.75, 3.05) is 13.2 Å². The summed E-state index contributed by atoms with van der Waals surface area (Å²) in [5, 5.41) is 0. The van der Waals surface area contributed by atoms with Gasteiger partial charge in [0.15, 0.2) is 12.2 Å². The van der Waals surface area contributed by atoms with Crippen LogP contribution in [0.5, 0.6) is 0 Å². The highest BCUT2D eigenvalue weighted by Gasteiger charge is 2.23. The Bertz CT molecular complexity index is 1170. The van der Waals surface area contributed by atoms with Crippen LogP contribution in [0, 0.1) is 13.8 Å². The molecule has 9 nitrogen and oxygen atoms in total. The number of ketones is 1. The fourth-order valence-corrected chi connectivity index (χ4v) is 3.26. The summed E-state index contributed by atoms with van der Waals surface area (Å²) in [4.78, 5) is 51.3. The Morgan fingerprint density at radius 1 is 1.13 bits per heavy atom. The van der Waals surface area contributed by atoms with E-state index in [4.69, 9.17) is 13.9 Å². The second-order valence-electron chi connectivity index (χ2n) is 6.67. The van der Waals surface area contributed by atoms with Crippen molar-refractivity contribution in [3.8, 4) is 0 Å². The summed E-state index contributed by atoms with van der Waals surface area (Å²) in [7, 11) is 0. The van der Waals surface area contributed by atoms with Gasteiger partial charge < -0.3 is 18.9 Å². The number of nitrogens with zero attached hydrogens (tertiary/aromatic N) is 1. The highest BCUT2D eigenvalue weighted by molar-refractivity contribution is 6.02. The van der Waals surface area contributed by atoms with Crippen molar-refractivity contribution in [2.24, 2.45) is 0 Å². The summed E-state index contributed by atoms with van der Waals surface area (Å²) >= 11 is 0. The Kier molecular flexibility index (Phi) is 6.20. The minimum atomic E-state index is -0.632. The van der Waals surface area contributed by atoms with Crippen molar-refractivity contribution in [1.29, 1.82) is 0 Å². The Morgan fingerprint density at radius 2 is 1.87 bits per heavy atom. The summed E-state index contributed by atoms with van der Waals surface area (Å²) in [6.45, 7) is 4.79. The maximum Gasteiger partial charge on any atom is 0.419 e. The van der Waals surface area contributed by atoms with Crippen LogP contribution < -0.4 is 5.76 Å². The third-order valence-electron chi connectivity index (χ3n) is 4.67. The van der Waals surface area contributed by atoms with E-state index in [9.17, 15) is 19.2 Å². The molecule has 0 saturated carbocycles. The van der Waals surface area contributed by atoms with Gasteiger partial charge in [0.1, 0.15) is 0 Å². The summed E-state index contributed by atoms with van der Waals surface area (Å²) < 4.78 is 16.5. The van der Waals surface area contributed by atoms with Gasteiger partial charge in [0.2, 0.25) is 5.78 Å². The molecule has 0 fully saturated rings. The highest BCUT2D eigenvalue weighted by atomic mass is 16.5. The molecule has 158 valence electrons. The molecule has 0 amide bonds. The summed E-state index contributed by atoms with van der Waals surface area (Å²) in [5.74, 6) is -2.18. The van der Waals surface area contributed by atoms with Crippen molar-refractivity contribution >= 4 is 28.8 Å². The number of rotatable bonds is 8. The van der Waals surface area contributed by atoms with Gasteiger partial charge in [-0.2, -0.15) is 0 Å². The van der Waals surface area contributed by atoms with E-state index < -0.39 is 30.1 Å². The number of fused-ring (bicyclic) bond motifs is 1. The van der Waals surface area contributed by atoms with E-state index in [0.29, 0.717) is 27.9 Å². The number of carbonyl (C=O) groups is 3. The standard InChI is InChI=1S/C21H22N2O7/c1-4-28-20(26)18-12(2)19(22-13(18)3)15(24)11-29-17(25)9-10-23-14-7-5-6-8-16(14)30-21(23)27/h5-8,22H,4,9-11H2,1-3H3. The first-order chi connectivity index (χ1) is 14.3. The number of aromatic nitrogens is 2. The first-order valence-corrected chi connectivity index (χ1v) is 9.47. The SMILES string of the molecule is CCOC(=O)c1c(C)[nH]c(C(=O)COC(=O)CCn2c(=O)oc3ccccc32)c1C. The molecular weight excluding hydrogens is 392 g/mol. The highest BCUT2D eigenvalue weighted by Crippen LogP contribution is 2.20. The smallest absolute Gasteiger partial charge is 0.419 e. The molecule has 0 aliphatic rings. The number of hydrogen-bond donors (Lipinski definition) is 1. The van der Waals surface area contributed by atoms with Crippen molar-refractivity contribution < 1.29 is 28.3 Å². The number of aromatic amines is 1. The number of hydrogen-bond acceptors (Lipinski definition) is 7. The Hall–Kier alpha value is -3.62. The molecule has 0 aliphatic heterocycles. The van der Waals surface area contributed by atoms with Crippen LogP contribution in [0.15, 0.2) is 33.5 Å². The molecule has 0 aliphatic carbocycles. The van der Waals surface area contributed by atoms with Crippen molar-refractivity contribution in [2.45, 2.75) is 33.7 Å². The van der Waals surface area contributed by atoms with Gasteiger partial charge in [-0.3, -0.25) is 14.2 Å². The second-order valence-corrected chi connectivity index (χ2v) is 6.67. The average Bonchev–Trinajstić information content (AvgIpc) is 3.19. The zero-order valence-electron chi connectivity index (χ0n) is 16.9. The number of para-hydroxylation sites is 2. The van der Waals surface area contributed by atoms with Crippen molar-refractivity contribution in [3.63, 3.8) is 0 Å². The van der Waals surface area contributed by atoms with E-state index in [1.807, 2.05) is 0 Å². The van der Waals surface area contributed by atoms with E-state index in [1.165, 1.54) is 4.57 Å². The van der Waals surface area contributed by atoms with Crippen LogP contribution in [0.2, 0.25) is 0 Å². The molecule has 0 saturated heterocycles. The molecule has 0 bridgehead atoms. The van der Waals surface area contributed by atoms with E-state index in [-0.39, 0.29) is 25.3 Å². The van der Waals surface area contributed by atoms with Gasteiger partial charge in [-0.25, -0.2) is 9.59 Å². The molecule has 0 unspecified atom stereocenters. The lowest BCUT2D eigenvalue weighted by atomic mass is 10.1. The average molecular weight is 414 g/mol. The first-order valence-electron chi connectivity index (χ1n) is 9.47. The predicted molar refractivity (Wildman–Crippen MR) is 107 cm³/mol. The largest absolute Gasteiger partial charge is 0.462 e. The van der Waals surface area contributed by atoms with Gasteiger partial charge in [-0.15, -0.1) is 0 Å². The zero-order chi connectivity index (χ0) is 21.8. The number of ether oxygens (including phenoxy) is 2. The van der Waals surface area contributed by atoms with Crippen LogP contribution in [0.3, 0.4) is 0 Å². The summed E-state index contributed by atoms with van der Waals surface area (Å²) in [6.07, 6.45) is -0.104. The maximum absolute atomic E-state index is 12.4. The number of nitrogens with one attached hydrogen (secondary N) is 1. The lowest BCUT2D eigenvalue weighted by molar-refractivity contribution is -0.142. The van der Waals surface area contributed by atoms with E-state index in [1.54, 1.807) is 45.0 Å². The van der Waals surface area contributed by atoms with Crippen LogP contribution >= 0.6 is 0 Å². The zero-order valence-corrected chi connectivity index (χ0v) is 16.9. The minimum Gasteiger partial charge on any atom is -0.462 e. The molecule has 1 aromatic carbocycles. The third-order valence-corrected chi connectivity index (χ3v) is 4.67. The molecule has 0 spiro atoms. The topological polar surface area (TPSA) is 121 Å². The number of oxazole rings is 1. The molecule has 0 atom stereocenters. The van der Waals surface area contributed by atoms with Crippen molar-refractivity contribution in [1.82, 2.24) is 9.55 Å². The number of Topliss-reactive ketones (excluding diaryl/α,β-unsaturated/α-hetero) is 1. The number of carbonyl (C=O) groups excluding carboxylic acids is 3. The minimum absolute atomic E-state index is 0.0660. The van der Waals surface area contributed by atoms with Crippen LogP contribution in [0.25, 0.3) is 11.1 Å². The maximum atomic E-state index is 12.4. The predicted octanol–water partition coefficient (Wildman–Crippen LogP) is 2.53. The monoisotopic (exact) mass is 414 g/mol. The molecule has 3 rings (SSSR count). The van der Waals surface area contributed by atoms with Crippen LogP contribution in [-0.2, 0) is 20.8 Å². The molecular formula is C21H22N2O7. The first kappa shape index (κ1) is 21.1. The number of benzene rings is 1. The quantitative estimate of drug-likeness (QED) is 0.444. The fraction of sp³-hybridized carbons (Fsp3) is 0.333. The van der Waals surface area contributed by atoms with Gasteiger partial charge in [0.25, 0.3) is 0 Å². The van der Waals surface area contributed by atoms with E-state index >= 15 is 0 Å². The molecule has 0 radical (unpaired) electrons. The fourth-order valence-electron chi connectivity index (χ4n) is 3.26. The molecule has 2 heterocycles. The molecule has 9 heteroatoms. The van der Waals surface area contributed by atoms with Gasteiger partial charge in [-0.05, 0) is 38.5 Å². The van der Waals surface area contributed by atoms with Crippen molar-refractivity contribution in [3.05, 3.63) is 57.3 Å². The van der Waals surface area contributed by atoms with Crippen LogP contribution in [0.1, 0.15) is 45.4 Å². The Balaban J connectivity index is 1.60. The number of aryl methyl sites for hydroxylation is 2. The molecule has 30 heavy (non-hydrogen) atoms. The van der Waals surface area contributed by atoms with Gasteiger partial charge >= 0.3 is 17.7 Å².